The molecule has 3 rings (SSSR count). The Morgan fingerprint density at radius 3 is 2.45 bits per heavy atom. The number of thioether (sulfide) groups is 1. The van der Waals surface area contributed by atoms with Crippen LogP contribution in [-0.2, 0) is 19.1 Å². The molecule has 8 heteroatoms. The molecule has 2 bridgehead atoms. The highest BCUT2D eigenvalue weighted by Gasteiger charge is 2.77. The van der Waals surface area contributed by atoms with E-state index in [1.165, 1.54) is 0 Å². The predicted molar refractivity (Wildman–Crippen MR) is 153 cm³/mol. The van der Waals surface area contributed by atoms with E-state index in [1.807, 2.05) is 11.8 Å². The van der Waals surface area contributed by atoms with Gasteiger partial charge in [0.2, 0.25) is 11.8 Å². The first-order valence-electron chi connectivity index (χ1n) is 14.0. The summed E-state index contributed by atoms with van der Waals surface area (Å²) in [6.07, 6.45) is 6.01. The van der Waals surface area contributed by atoms with E-state index in [1.54, 1.807) is 28.8 Å². The highest BCUT2D eigenvalue weighted by atomic mass is 32.2. The average molecular weight is 549 g/mol. The van der Waals surface area contributed by atoms with E-state index in [9.17, 15) is 19.5 Å². The van der Waals surface area contributed by atoms with Crippen LogP contribution in [0.15, 0.2) is 25.3 Å². The number of fused-ring (bicyclic) bond motifs is 1. The molecule has 3 aliphatic heterocycles. The predicted octanol–water partition coefficient (Wildman–Crippen LogP) is 4.44. The molecule has 2 amide bonds. The summed E-state index contributed by atoms with van der Waals surface area (Å²) in [5.41, 5.74) is -0.526. The molecule has 0 saturated carbocycles. The van der Waals surface area contributed by atoms with Crippen LogP contribution in [0.25, 0.3) is 0 Å². The Morgan fingerprint density at radius 1 is 1.26 bits per heavy atom. The minimum absolute atomic E-state index is 0.0274. The molecule has 0 radical (unpaired) electrons. The second kappa shape index (κ2) is 11.4. The average Bonchev–Trinajstić information content (AvgIpc) is 3.40. The Labute approximate surface area is 233 Å². The van der Waals surface area contributed by atoms with Crippen LogP contribution in [0.5, 0.6) is 0 Å². The first-order chi connectivity index (χ1) is 17.7. The molecule has 3 fully saturated rings. The van der Waals surface area contributed by atoms with Gasteiger partial charge in [0.15, 0.2) is 0 Å². The van der Waals surface area contributed by atoms with E-state index >= 15 is 0 Å². The van der Waals surface area contributed by atoms with Crippen LogP contribution in [0.4, 0.5) is 0 Å². The van der Waals surface area contributed by atoms with Crippen molar-refractivity contribution >= 4 is 29.5 Å². The number of carbonyl (C=O) groups excluding carboxylic acids is 3. The minimum Gasteiger partial charge on any atom is -0.465 e. The zero-order valence-electron chi connectivity index (χ0n) is 24.4. The Hall–Kier alpha value is -1.80. The second-order valence-electron chi connectivity index (χ2n) is 13.1. The molecule has 0 aliphatic carbocycles. The monoisotopic (exact) mass is 548 g/mol. The van der Waals surface area contributed by atoms with Crippen molar-refractivity contribution in [1.29, 1.82) is 0 Å². The summed E-state index contributed by atoms with van der Waals surface area (Å²) in [7, 11) is 0. The van der Waals surface area contributed by atoms with Gasteiger partial charge in [-0.3, -0.25) is 14.4 Å². The molecule has 0 aromatic carbocycles. The third-order valence-corrected chi connectivity index (χ3v) is 10.7. The summed E-state index contributed by atoms with van der Waals surface area (Å²) in [6, 6.07) is -1.27. The third-order valence-electron chi connectivity index (χ3n) is 8.60. The van der Waals surface area contributed by atoms with E-state index < -0.39 is 34.2 Å². The van der Waals surface area contributed by atoms with Gasteiger partial charge in [-0.1, -0.05) is 46.8 Å². The molecule has 3 unspecified atom stereocenters. The quantitative estimate of drug-likeness (QED) is 0.220. The van der Waals surface area contributed by atoms with Gasteiger partial charge in [0, 0.05) is 17.3 Å². The van der Waals surface area contributed by atoms with Crippen molar-refractivity contribution in [2.24, 2.45) is 23.2 Å². The minimum atomic E-state index is -0.771. The maximum Gasteiger partial charge on any atom is 0.310 e. The van der Waals surface area contributed by atoms with Crippen LogP contribution >= 0.6 is 11.8 Å². The zero-order valence-corrected chi connectivity index (χ0v) is 25.2. The molecule has 3 saturated heterocycles. The van der Waals surface area contributed by atoms with Gasteiger partial charge in [-0.25, -0.2) is 0 Å². The summed E-state index contributed by atoms with van der Waals surface area (Å²) >= 11 is 1.64. The van der Waals surface area contributed by atoms with Gasteiger partial charge in [0.1, 0.15) is 6.04 Å². The lowest BCUT2D eigenvalue weighted by Crippen LogP contribution is -2.62. The van der Waals surface area contributed by atoms with E-state index in [2.05, 4.69) is 54.7 Å². The molecular formula is C30H48N2O5S. The topological polar surface area (TPSA) is 87.1 Å². The van der Waals surface area contributed by atoms with E-state index in [-0.39, 0.29) is 47.6 Å². The van der Waals surface area contributed by atoms with Gasteiger partial charge in [-0.2, -0.15) is 0 Å². The van der Waals surface area contributed by atoms with Crippen LogP contribution in [0, 0.1) is 23.2 Å². The van der Waals surface area contributed by atoms with E-state index in [4.69, 9.17) is 4.74 Å². The van der Waals surface area contributed by atoms with Crippen LogP contribution in [0.1, 0.15) is 74.1 Å². The summed E-state index contributed by atoms with van der Waals surface area (Å²) in [4.78, 5) is 45.9. The first-order valence-corrected chi connectivity index (χ1v) is 14.9. The Morgan fingerprint density at radius 2 is 1.92 bits per heavy atom. The molecule has 3 aliphatic rings. The Balaban J connectivity index is 2.12. The van der Waals surface area contributed by atoms with Crippen molar-refractivity contribution in [3.05, 3.63) is 25.3 Å². The largest absolute Gasteiger partial charge is 0.465 e. The summed E-state index contributed by atoms with van der Waals surface area (Å²) in [5.74, 6) is -1.89. The third kappa shape index (κ3) is 5.19. The first kappa shape index (κ1) is 30.7. The molecule has 1 spiro atoms. The number of carbonyl (C=O) groups is 3. The zero-order chi connectivity index (χ0) is 28.6. The number of aliphatic hydroxyl groups is 1. The molecule has 1 N–H and O–H groups in total. The van der Waals surface area contributed by atoms with Gasteiger partial charge in [0.25, 0.3) is 0 Å². The van der Waals surface area contributed by atoms with E-state index in [0.717, 1.165) is 12.8 Å². The number of esters is 1. The van der Waals surface area contributed by atoms with Gasteiger partial charge in [-0.15, -0.1) is 24.9 Å². The van der Waals surface area contributed by atoms with Crippen LogP contribution in [0.3, 0.4) is 0 Å². The van der Waals surface area contributed by atoms with Crippen LogP contribution in [-0.4, -0.2) is 80.1 Å². The maximum absolute atomic E-state index is 14.8. The van der Waals surface area contributed by atoms with Crippen molar-refractivity contribution in [3.63, 3.8) is 0 Å². The summed E-state index contributed by atoms with van der Waals surface area (Å²) in [5, 5.41) is 10.3. The maximum atomic E-state index is 14.8. The fraction of sp³-hybridized carbons (Fsp3) is 0.767. The summed E-state index contributed by atoms with van der Waals surface area (Å²) < 4.78 is 4.85. The normalized spacial score (nSPS) is 31.2. The Kier molecular flexibility index (Phi) is 9.19. The molecule has 7 atom stereocenters. The Bertz CT molecular complexity index is 939. The fourth-order valence-electron chi connectivity index (χ4n) is 7.46. The van der Waals surface area contributed by atoms with Crippen molar-refractivity contribution in [2.45, 2.75) is 102 Å². The number of amides is 2. The lowest BCUT2D eigenvalue weighted by molar-refractivity contribution is -0.155. The smallest absolute Gasteiger partial charge is 0.310 e. The van der Waals surface area contributed by atoms with Crippen LogP contribution < -0.4 is 0 Å². The SMILES string of the molecule is C=CCCOC(=O)[C@@H]1[C@H]2C(=O)N([C@@H](CC)CO)C(C(=O)N(CC=C)C(C)(C)CC(C)(C)C)C23S[C@@H]1CC3C. The number of likely N-dealkylation sites (tertiary alicyclic amines) is 1. The van der Waals surface area contributed by atoms with Crippen molar-refractivity contribution in [1.82, 2.24) is 9.80 Å². The number of aliphatic hydroxyl groups excluding tert-OH is 1. The molecular weight excluding hydrogens is 500 g/mol. The highest BCUT2D eigenvalue weighted by Crippen LogP contribution is 2.69. The van der Waals surface area contributed by atoms with Crippen LogP contribution in [0.2, 0.25) is 0 Å². The molecule has 0 aromatic heterocycles. The second-order valence-corrected chi connectivity index (χ2v) is 14.6. The molecule has 214 valence electrons. The van der Waals surface area contributed by atoms with Gasteiger partial charge >= 0.3 is 5.97 Å². The summed E-state index contributed by atoms with van der Waals surface area (Å²) in [6.45, 7) is 22.6. The standard InChI is InChI=1S/C30H48N2O5S/c1-10-13-15-37-27(36)22-21-16-19(4)30(38-21)23(22)25(34)32(20(12-3)17-33)24(30)26(35)31(14-11-2)29(8,9)18-28(5,6)7/h10-11,19-24,33H,1-2,12-18H2,3-9H3/t19?,20-,21+,22-,23-,24?,30?/m0/s1. The van der Waals surface area contributed by atoms with Crippen molar-refractivity contribution < 1.29 is 24.2 Å². The molecule has 3 heterocycles. The number of rotatable bonds is 12. The van der Waals surface area contributed by atoms with Gasteiger partial charge in [-0.05, 0) is 50.9 Å². The highest BCUT2D eigenvalue weighted by molar-refractivity contribution is 8.02. The van der Waals surface area contributed by atoms with Gasteiger partial charge < -0.3 is 19.6 Å². The number of hydrogen-bond donors (Lipinski definition) is 1. The number of hydrogen-bond acceptors (Lipinski definition) is 6. The molecule has 7 nitrogen and oxygen atoms in total. The number of ether oxygens (including phenoxy) is 1. The van der Waals surface area contributed by atoms with E-state index in [0.29, 0.717) is 19.4 Å². The van der Waals surface area contributed by atoms with Crippen molar-refractivity contribution in [2.75, 3.05) is 19.8 Å². The lowest BCUT2D eigenvalue weighted by atomic mass is 9.66. The molecule has 38 heavy (non-hydrogen) atoms. The lowest BCUT2D eigenvalue weighted by Gasteiger charge is -2.47. The fourth-order valence-corrected chi connectivity index (χ4v) is 9.85. The molecule has 0 aromatic rings. The number of nitrogens with zero attached hydrogens (tertiary/aromatic N) is 2. The van der Waals surface area contributed by atoms with Gasteiger partial charge in [0.05, 0.1) is 35.8 Å². The van der Waals surface area contributed by atoms with Crippen molar-refractivity contribution in [3.8, 4) is 0 Å².